The van der Waals surface area contributed by atoms with Crippen molar-refractivity contribution in [2.75, 3.05) is 14.2 Å². The van der Waals surface area contributed by atoms with Crippen LogP contribution in [0.2, 0.25) is 0 Å². The highest BCUT2D eigenvalue weighted by atomic mass is 16.5. The lowest BCUT2D eigenvalue weighted by atomic mass is 10.0. The Morgan fingerprint density at radius 1 is 0.654 bits per heavy atom. The molecule has 0 radical (unpaired) electrons. The standard InChI is InChI=1S/C14H12O2.C8H10O2/c1-9(15)11-3-5-14-8-12(10(2)16)4-6-13(14)7-11;1-9-7-5-3-4-6-8(7)10-2/h3-8H,1-2H3;3-6H,1-2H3. The maximum absolute atomic E-state index is 11.2. The minimum Gasteiger partial charge on any atom is -0.493 e. The Balaban J connectivity index is 0.000000209. The topological polar surface area (TPSA) is 52.6 Å². The largest absolute Gasteiger partial charge is 0.493 e. The van der Waals surface area contributed by atoms with Crippen LogP contribution in [0.4, 0.5) is 0 Å². The van der Waals surface area contributed by atoms with Crippen molar-refractivity contribution >= 4 is 22.3 Å². The fraction of sp³-hybridized carbons (Fsp3) is 0.182. The van der Waals surface area contributed by atoms with Gasteiger partial charge in [0.2, 0.25) is 0 Å². The van der Waals surface area contributed by atoms with Crippen LogP contribution in [0, 0.1) is 0 Å². The zero-order valence-electron chi connectivity index (χ0n) is 15.4. The van der Waals surface area contributed by atoms with Crippen LogP contribution >= 0.6 is 0 Å². The Labute approximate surface area is 153 Å². The van der Waals surface area contributed by atoms with Gasteiger partial charge in [-0.2, -0.15) is 0 Å². The van der Waals surface area contributed by atoms with E-state index in [4.69, 9.17) is 9.47 Å². The van der Waals surface area contributed by atoms with Gasteiger partial charge in [0.05, 0.1) is 14.2 Å². The van der Waals surface area contributed by atoms with Crippen LogP contribution in [0.15, 0.2) is 60.7 Å². The molecule has 0 N–H and O–H groups in total. The molecule has 0 atom stereocenters. The predicted octanol–water partition coefficient (Wildman–Crippen LogP) is 4.95. The van der Waals surface area contributed by atoms with Crippen molar-refractivity contribution in [3.63, 3.8) is 0 Å². The fourth-order valence-electron chi connectivity index (χ4n) is 2.47. The summed E-state index contributed by atoms with van der Waals surface area (Å²) in [5.41, 5.74) is 1.39. The summed E-state index contributed by atoms with van der Waals surface area (Å²) in [7, 11) is 3.25. The van der Waals surface area contributed by atoms with E-state index in [1.807, 2.05) is 48.5 Å². The van der Waals surface area contributed by atoms with E-state index in [2.05, 4.69) is 0 Å². The van der Waals surface area contributed by atoms with Crippen molar-refractivity contribution in [2.24, 2.45) is 0 Å². The molecule has 0 aliphatic rings. The lowest BCUT2D eigenvalue weighted by Crippen LogP contribution is -1.93. The smallest absolute Gasteiger partial charge is 0.160 e. The Bertz CT molecular complexity index is 852. The van der Waals surface area contributed by atoms with Crippen molar-refractivity contribution in [1.29, 1.82) is 0 Å². The molecule has 3 aromatic rings. The van der Waals surface area contributed by atoms with Crippen molar-refractivity contribution in [3.8, 4) is 11.5 Å². The van der Waals surface area contributed by atoms with Gasteiger partial charge in [-0.15, -0.1) is 0 Å². The molecule has 4 heteroatoms. The third-order valence-corrected chi connectivity index (χ3v) is 3.94. The van der Waals surface area contributed by atoms with Gasteiger partial charge in [-0.3, -0.25) is 9.59 Å². The summed E-state index contributed by atoms with van der Waals surface area (Å²) in [4.78, 5) is 22.4. The molecule has 0 fully saturated rings. The van der Waals surface area contributed by atoms with E-state index in [9.17, 15) is 9.59 Å². The van der Waals surface area contributed by atoms with Crippen molar-refractivity contribution < 1.29 is 19.1 Å². The first-order chi connectivity index (χ1) is 12.5. The van der Waals surface area contributed by atoms with Crippen molar-refractivity contribution in [1.82, 2.24) is 0 Å². The number of para-hydroxylation sites is 2. The van der Waals surface area contributed by atoms with Gasteiger partial charge in [0.1, 0.15) is 0 Å². The molecule has 0 aromatic heterocycles. The maximum atomic E-state index is 11.2. The second kappa shape index (κ2) is 8.81. The SMILES string of the molecule is CC(=O)c1ccc2cc(C(C)=O)ccc2c1.COc1ccccc1OC. The van der Waals surface area contributed by atoms with E-state index >= 15 is 0 Å². The summed E-state index contributed by atoms with van der Waals surface area (Å²) in [6, 6.07) is 18.5. The second-order valence-corrected chi connectivity index (χ2v) is 5.74. The van der Waals surface area contributed by atoms with Crippen LogP contribution in [-0.2, 0) is 0 Å². The zero-order valence-corrected chi connectivity index (χ0v) is 15.4. The zero-order chi connectivity index (χ0) is 19.1. The van der Waals surface area contributed by atoms with Crippen LogP contribution in [0.1, 0.15) is 34.6 Å². The number of rotatable bonds is 4. The quantitative estimate of drug-likeness (QED) is 0.625. The van der Waals surface area contributed by atoms with Gasteiger partial charge in [-0.25, -0.2) is 0 Å². The molecular weight excluding hydrogens is 328 g/mol. The molecule has 0 amide bonds. The molecule has 0 spiro atoms. The van der Waals surface area contributed by atoms with Gasteiger partial charge >= 0.3 is 0 Å². The average molecular weight is 350 g/mol. The minimum absolute atomic E-state index is 0.0533. The molecule has 3 aromatic carbocycles. The monoisotopic (exact) mass is 350 g/mol. The first-order valence-corrected chi connectivity index (χ1v) is 8.19. The van der Waals surface area contributed by atoms with E-state index in [1.165, 1.54) is 0 Å². The third kappa shape index (κ3) is 4.70. The van der Waals surface area contributed by atoms with Gasteiger partial charge in [0.15, 0.2) is 23.1 Å². The van der Waals surface area contributed by atoms with Crippen LogP contribution in [-0.4, -0.2) is 25.8 Å². The van der Waals surface area contributed by atoms with E-state index in [1.54, 1.807) is 40.2 Å². The highest BCUT2D eigenvalue weighted by molar-refractivity contribution is 6.01. The second-order valence-electron chi connectivity index (χ2n) is 5.74. The molecule has 0 aliphatic heterocycles. The number of benzene rings is 3. The number of methoxy groups -OCH3 is 2. The summed E-state index contributed by atoms with van der Waals surface area (Å²) >= 11 is 0. The maximum Gasteiger partial charge on any atom is 0.160 e. The van der Waals surface area contributed by atoms with E-state index in [-0.39, 0.29) is 11.6 Å². The molecule has 0 heterocycles. The normalized spacial score (nSPS) is 9.85. The number of hydrogen-bond donors (Lipinski definition) is 0. The number of carbonyl (C=O) groups excluding carboxylic acids is 2. The summed E-state index contributed by atoms with van der Waals surface area (Å²) in [6.07, 6.45) is 0. The van der Waals surface area contributed by atoms with E-state index < -0.39 is 0 Å². The Morgan fingerprint density at radius 3 is 1.35 bits per heavy atom. The van der Waals surface area contributed by atoms with E-state index in [0.29, 0.717) is 11.1 Å². The molecule has 134 valence electrons. The summed E-state index contributed by atoms with van der Waals surface area (Å²) in [5, 5.41) is 1.97. The first kappa shape index (κ1) is 19.2. The Morgan fingerprint density at radius 2 is 1.04 bits per heavy atom. The molecule has 0 aliphatic carbocycles. The molecule has 4 nitrogen and oxygen atoms in total. The number of Topliss-reactive ketones (excluding diaryl/α,β-unsaturated/α-hetero) is 2. The molecule has 3 rings (SSSR count). The van der Waals surface area contributed by atoms with Gasteiger partial charge in [0.25, 0.3) is 0 Å². The Hall–Kier alpha value is -3.14. The lowest BCUT2D eigenvalue weighted by Gasteiger charge is -2.04. The molecule has 0 bridgehead atoms. The van der Waals surface area contributed by atoms with Crippen molar-refractivity contribution in [2.45, 2.75) is 13.8 Å². The first-order valence-electron chi connectivity index (χ1n) is 8.19. The third-order valence-electron chi connectivity index (χ3n) is 3.94. The van der Waals surface area contributed by atoms with Crippen LogP contribution in [0.5, 0.6) is 11.5 Å². The van der Waals surface area contributed by atoms with Crippen LogP contribution in [0.3, 0.4) is 0 Å². The number of ketones is 2. The van der Waals surface area contributed by atoms with Gasteiger partial charge in [-0.05, 0) is 48.9 Å². The minimum atomic E-state index is 0.0533. The van der Waals surface area contributed by atoms with Crippen LogP contribution < -0.4 is 9.47 Å². The predicted molar refractivity (Wildman–Crippen MR) is 104 cm³/mol. The number of fused-ring (bicyclic) bond motifs is 1. The summed E-state index contributed by atoms with van der Waals surface area (Å²) in [6.45, 7) is 3.09. The molecular formula is C22H22O4. The molecule has 0 saturated heterocycles. The van der Waals surface area contributed by atoms with Gasteiger partial charge < -0.3 is 9.47 Å². The Kier molecular flexibility index (Phi) is 6.50. The summed E-state index contributed by atoms with van der Waals surface area (Å²) in [5.74, 6) is 1.64. The molecule has 0 unspecified atom stereocenters. The number of hydrogen-bond acceptors (Lipinski definition) is 4. The van der Waals surface area contributed by atoms with Gasteiger partial charge in [0, 0.05) is 11.1 Å². The fourth-order valence-corrected chi connectivity index (χ4v) is 2.47. The van der Waals surface area contributed by atoms with Gasteiger partial charge in [-0.1, -0.05) is 36.4 Å². The number of ether oxygens (including phenoxy) is 2. The highest BCUT2D eigenvalue weighted by Gasteiger charge is 2.03. The average Bonchev–Trinajstić information content (AvgIpc) is 2.67. The number of carbonyl (C=O) groups is 2. The van der Waals surface area contributed by atoms with Crippen molar-refractivity contribution in [3.05, 3.63) is 71.8 Å². The summed E-state index contributed by atoms with van der Waals surface area (Å²) < 4.78 is 10.0. The van der Waals surface area contributed by atoms with Crippen LogP contribution in [0.25, 0.3) is 10.8 Å². The highest BCUT2D eigenvalue weighted by Crippen LogP contribution is 2.24. The lowest BCUT2D eigenvalue weighted by molar-refractivity contribution is 0.100. The molecule has 26 heavy (non-hydrogen) atoms. The molecule has 0 saturated carbocycles. The van der Waals surface area contributed by atoms with E-state index in [0.717, 1.165) is 22.3 Å².